The molecule has 1 rings (SSSR count). The van der Waals surface area contributed by atoms with Gasteiger partial charge in [-0.05, 0) is 24.8 Å². The summed E-state index contributed by atoms with van der Waals surface area (Å²) in [6.45, 7) is 8.26. The molecule has 1 aliphatic heterocycles. The Morgan fingerprint density at radius 2 is 2.29 bits per heavy atom. The quantitative estimate of drug-likeness (QED) is 0.717. The highest BCUT2D eigenvalue weighted by Crippen LogP contribution is 2.29. The second-order valence-corrected chi connectivity index (χ2v) is 4.76. The minimum absolute atomic E-state index is 0.146. The summed E-state index contributed by atoms with van der Waals surface area (Å²) >= 11 is 0. The zero-order valence-electron chi connectivity index (χ0n) is 9.52. The minimum atomic E-state index is 0.146. The molecule has 1 saturated heterocycles. The number of carbonyl (C=O) groups is 1. The molecule has 0 saturated carbocycles. The second-order valence-electron chi connectivity index (χ2n) is 4.76. The first-order chi connectivity index (χ1) is 6.56. The molecule has 1 unspecified atom stereocenters. The van der Waals surface area contributed by atoms with Gasteiger partial charge in [-0.1, -0.05) is 20.8 Å². The topological polar surface area (TPSA) is 41.1 Å². The van der Waals surface area contributed by atoms with Crippen molar-refractivity contribution in [2.75, 3.05) is 13.1 Å². The third kappa shape index (κ3) is 2.98. The number of rotatable bonds is 3. The summed E-state index contributed by atoms with van der Waals surface area (Å²) in [5.41, 5.74) is 0.305. The summed E-state index contributed by atoms with van der Waals surface area (Å²) in [6.07, 6.45) is 3.06. The smallest absolute Gasteiger partial charge is 0.219 e. The van der Waals surface area contributed by atoms with Crippen molar-refractivity contribution >= 4 is 5.91 Å². The first kappa shape index (κ1) is 11.5. The van der Waals surface area contributed by atoms with Crippen LogP contribution in [-0.2, 0) is 4.79 Å². The van der Waals surface area contributed by atoms with Gasteiger partial charge in [0.2, 0.25) is 5.91 Å². The van der Waals surface area contributed by atoms with E-state index in [1.807, 2.05) is 6.92 Å². The zero-order chi connectivity index (χ0) is 10.6. The molecule has 0 aromatic rings. The van der Waals surface area contributed by atoms with Crippen molar-refractivity contribution in [3.8, 4) is 0 Å². The molecule has 1 aliphatic rings. The summed E-state index contributed by atoms with van der Waals surface area (Å²) in [5, 5.41) is 6.43. The summed E-state index contributed by atoms with van der Waals surface area (Å²) in [7, 11) is 0. The first-order valence-corrected chi connectivity index (χ1v) is 5.56. The molecule has 1 fully saturated rings. The van der Waals surface area contributed by atoms with Gasteiger partial charge in [0.05, 0.1) is 0 Å². The molecule has 0 aliphatic carbocycles. The average Bonchev–Trinajstić information content (AvgIpc) is 2.15. The van der Waals surface area contributed by atoms with Crippen molar-refractivity contribution in [3.63, 3.8) is 0 Å². The number of amides is 1. The van der Waals surface area contributed by atoms with E-state index in [0.717, 1.165) is 13.1 Å². The van der Waals surface area contributed by atoms with Crippen LogP contribution in [0.1, 0.15) is 40.0 Å². The molecule has 0 spiro atoms. The Morgan fingerprint density at radius 3 is 2.86 bits per heavy atom. The van der Waals surface area contributed by atoms with Crippen molar-refractivity contribution in [1.82, 2.24) is 10.6 Å². The number of hydrogen-bond acceptors (Lipinski definition) is 2. The van der Waals surface area contributed by atoms with Gasteiger partial charge in [0.25, 0.3) is 0 Å². The maximum atomic E-state index is 11.1. The van der Waals surface area contributed by atoms with Crippen LogP contribution in [0.15, 0.2) is 0 Å². The van der Waals surface area contributed by atoms with E-state index in [1.54, 1.807) is 0 Å². The molecular weight excluding hydrogens is 176 g/mol. The molecule has 0 bridgehead atoms. The first-order valence-electron chi connectivity index (χ1n) is 5.56. The van der Waals surface area contributed by atoms with Crippen molar-refractivity contribution in [2.45, 2.75) is 46.1 Å². The van der Waals surface area contributed by atoms with Gasteiger partial charge < -0.3 is 10.6 Å². The minimum Gasteiger partial charge on any atom is -0.355 e. The fraction of sp³-hybridized carbons (Fsp3) is 0.909. The third-order valence-corrected chi connectivity index (χ3v) is 3.16. The van der Waals surface area contributed by atoms with E-state index in [1.165, 1.54) is 12.8 Å². The molecule has 1 heterocycles. The lowest BCUT2D eigenvalue weighted by atomic mass is 9.77. The number of nitrogens with one attached hydrogen (secondary N) is 2. The lowest BCUT2D eigenvalue weighted by Gasteiger charge is -2.39. The van der Waals surface area contributed by atoms with Gasteiger partial charge in [0.15, 0.2) is 0 Å². The van der Waals surface area contributed by atoms with Gasteiger partial charge in [-0.3, -0.25) is 4.79 Å². The predicted molar refractivity (Wildman–Crippen MR) is 58.1 cm³/mol. The molecule has 1 amide bonds. The van der Waals surface area contributed by atoms with Crippen LogP contribution >= 0.6 is 0 Å². The monoisotopic (exact) mass is 198 g/mol. The number of hydrogen-bond donors (Lipinski definition) is 2. The maximum Gasteiger partial charge on any atom is 0.219 e. The largest absolute Gasteiger partial charge is 0.355 e. The van der Waals surface area contributed by atoms with E-state index >= 15 is 0 Å². The van der Waals surface area contributed by atoms with Gasteiger partial charge in [-0.25, -0.2) is 0 Å². The Morgan fingerprint density at radius 1 is 1.57 bits per heavy atom. The van der Waals surface area contributed by atoms with E-state index in [-0.39, 0.29) is 5.91 Å². The van der Waals surface area contributed by atoms with Crippen molar-refractivity contribution in [3.05, 3.63) is 0 Å². The Hall–Kier alpha value is -0.570. The van der Waals surface area contributed by atoms with E-state index in [9.17, 15) is 4.79 Å². The van der Waals surface area contributed by atoms with Crippen LogP contribution in [0.3, 0.4) is 0 Å². The number of piperidine rings is 1. The van der Waals surface area contributed by atoms with Crippen LogP contribution in [0.25, 0.3) is 0 Å². The zero-order valence-corrected chi connectivity index (χ0v) is 9.52. The van der Waals surface area contributed by atoms with Crippen molar-refractivity contribution in [1.29, 1.82) is 0 Å². The molecule has 2 N–H and O–H groups in total. The van der Waals surface area contributed by atoms with Crippen molar-refractivity contribution < 1.29 is 4.79 Å². The molecule has 0 aromatic carbocycles. The number of carbonyl (C=O) groups excluding carboxylic acids is 1. The van der Waals surface area contributed by atoms with Crippen LogP contribution in [0.5, 0.6) is 0 Å². The van der Waals surface area contributed by atoms with Gasteiger partial charge in [0.1, 0.15) is 0 Å². The average molecular weight is 198 g/mol. The molecule has 0 radical (unpaired) electrons. The lowest BCUT2D eigenvalue weighted by Crippen LogP contribution is -2.52. The highest BCUT2D eigenvalue weighted by atomic mass is 16.1. The van der Waals surface area contributed by atoms with E-state index in [2.05, 4.69) is 24.5 Å². The fourth-order valence-electron chi connectivity index (χ4n) is 1.96. The normalized spacial score (nSPS) is 25.8. The van der Waals surface area contributed by atoms with Gasteiger partial charge in [0, 0.05) is 19.0 Å². The van der Waals surface area contributed by atoms with Crippen molar-refractivity contribution in [2.24, 2.45) is 5.41 Å². The Balaban J connectivity index is 2.38. The van der Waals surface area contributed by atoms with Crippen LogP contribution < -0.4 is 10.6 Å². The second kappa shape index (κ2) is 4.78. The van der Waals surface area contributed by atoms with E-state index < -0.39 is 0 Å². The molecule has 82 valence electrons. The third-order valence-electron chi connectivity index (χ3n) is 3.16. The van der Waals surface area contributed by atoms with Gasteiger partial charge in [-0.15, -0.1) is 0 Å². The lowest BCUT2D eigenvalue weighted by molar-refractivity contribution is -0.121. The highest BCUT2D eigenvalue weighted by molar-refractivity contribution is 5.75. The van der Waals surface area contributed by atoms with Gasteiger partial charge in [-0.2, -0.15) is 0 Å². The maximum absolute atomic E-state index is 11.1. The molecule has 1 atom stereocenters. The predicted octanol–water partition coefficient (Wildman–Crippen LogP) is 1.29. The SMILES string of the molecule is CCC(=O)NCC1NCCCC1(C)C. The van der Waals surface area contributed by atoms with Crippen LogP contribution in [0, 0.1) is 5.41 Å². The molecule has 3 nitrogen and oxygen atoms in total. The summed E-state index contributed by atoms with van der Waals surface area (Å²) in [4.78, 5) is 11.1. The van der Waals surface area contributed by atoms with E-state index in [4.69, 9.17) is 0 Å². The molecular formula is C11H22N2O. The molecule has 14 heavy (non-hydrogen) atoms. The van der Waals surface area contributed by atoms with Crippen LogP contribution in [0.2, 0.25) is 0 Å². The van der Waals surface area contributed by atoms with Crippen LogP contribution in [-0.4, -0.2) is 25.0 Å². The summed E-state index contributed by atoms with van der Waals surface area (Å²) < 4.78 is 0. The fourth-order valence-corrected chi connectivity index (χ4v) is 1.96. The Bertz CT molecular complexity index is 201. The Labute approximate surface area is 86.6 Å². The van der Waals surface area contributed by atoms with E-state index in [0.29, 0.717) is 17.9 Å². The highest BCUT2D eigenvalue weighted by Gasteiger charge is 2.31. The van der Waals surface area contributed by atoms with Gasteiger partial charge >= 0.3 is 0 Å². The standard InChI is InChI=1S/C11H22N2O/c1-4-10(14)13-8-9-11(2,3)6-5-7-12-9/h9,12H,4-8H2,1-3H3,(H,13,14). The summed E-state index contributed by atoms with van der Waals surface area (Å²) in [5.74, 6) is 0.146. The van der Waals surface area contributed by atoms with Crippen LogP contribution in [0.4, 0.5) is 0 Å². The summed E-state index contributed by atoms with van der Waals surface area (Å²) in [6, 6.07) is 0.423. The molecule has 0 aromatic heterocycles. The molecule has 3 heteroatoms. The Kier molecular flexibility index (Phi) is 3.93.